The molecule has 2 atom stereocenters. The van der Waals surface area contributed by atoms with E-state index >= 15 is 0 Å². The Kier molecular flexibility index (Phi) is 4.52. The first-order chi connectivity index (χ1) is 9.42. The van der Waals surface area contributed by atoms with Gasteiger partial charge in [-0.15, -0.1) is 0 Å². The number of hydrogen-bond acceptors (Lipinski definition) is 3. The maximum atomic E-state index is 12.3. The number of nitrogens with zero attached hydrogens (tertiary/aromatic N) is 2. The van der Waals surface area contributed by atoms with Crippen LogP contribution in [-0.4, -0.2) is 66.8 Å². The maximum Gasteiger partial charge on any atom is 0.319 e. The summed E-state index contributed by atoms with van der Waals surface area (Å²) >= 11 is 0. The standard InChI is InChI=1S/C14H24N2O4/c1-14(12(17)18)5-6-16(10-14)13(19)15(2)8-11-4-3-7-20-9-11/h11H,3-10H2,1-2H3,(H,17,18). The predicted molar refractivity (Wildman–Crippen MR) is 73.5 cm³/mol. The monoisotopic (exact) mass is 284 g/mol. The molecule has 2 amide bonds. The van der Waals surface area contributed by atoms with Crippen molar-refractivity contribution in [3.8, 4) is 0 Å². The van der Waals surface area contributed by atoms with Gasteiger partial charge in [0.1, 0.15) is 0 Å². The van der Waals surface area contributed by atoms with E-state index in [9.17, 15) is 14.7 Å². The second-order valence-corrected chi connectivity index (χ2v) is 6.28. The summed E-state index contributed by atoms with van der Waals surface area (Å²) in [4.78, 5) is 26.9. The molecule has 0 aromatic carbocycles. The molecule has 6 heteroatoms. The minimum atomic E-state index is -0.823. The normalized spacial score (nSPS) is 30.3. The lowest BCUT2D eigenvalue weighted by molar-refractivity contribution is -0.147. The van der Waals surface area contributed by atoms with Crippen LogP contribution in [0.25, 0.3) is 0 Å². The van der Waals surface area contributed by atoms with Crippen LogP contribution in [0.15, 0.2) is 0 Å². The molecule has 6 nitrogen and oxygen atoms in total. The molecule has 0 spiro atoms. The molecule has 20 heavy (non-hydrogen) atoms. The number of amides is 2. The van der Waals surface area contributed by atoms with Gasteiger partial charge in [0, 0.05) is 39.2 Å². The van der Waals surface area contributed by atoms with Crippen molar-refractivity contribution >= 4 is 12.0 Å². The molecule has 2 saturated heterocycles. The highest BCUT2D eigenvalue weighted by atomic mass is 16.5. The molecule has 2 heterocycles. The molecule has 114 valence electrons. The summed E-state index contributed by atoms with van der Waals surface area (Å²) in [7, 11) is 1.79. The first-order valence-electron chi connectivity index (χ1n) is 7.23. The number of likely N-dealkylation sites (tertiary alicyclic amines) is 1. The molecule has 0 aromatic heterocycles. The zero-order valence-electron chi connectivity index (χ0n) is 12.3. The molecule has 0 aliphatic carbocycles. The molecule has 2 fully saturated rings. The number of urea groups is 1. The van der Waals surface area contributed by atoms with Crippen molar-refractivity contribution in [2.24, 2.45) is 11.3 Å². The zero-order valence-corrected chi connectivity index (χ0v) is 12.3. The lowest BCUT2D eigenvalue weighted by Crippen LogP contribution is -2.44. The molecule has 0 radical (unpaired) electrons. The third-order valence-corrected chi connectivity index (χ3v) is 4.37. The molecular formula is C14H24N2O4. The van der Waals surface area contributed by atoms with E-state index < -0.39 is 11.4 Å². The molecule has 2 unspecified atom stereocenters. The number of hydrogen-bond donors (Lipinski definition) is 1. The van der Waals surface area contributed by atoms with E-state index in [0.717, 1.165) is 19.4 Å². The molecule has 2 rings (SSSR count). The quantitative estimate of drug-likeness (QED) is 0.847. The summed E-state index contributed by atoms with van der Waals surface area (Å²) in [5.41, 5.74) is -0.801. The average Bonchev–Trinajstić information content (AvgIpc) is 2.83. The lowest BCUT2D eigenvalue weighted by atomic mass is 9.90. The van der Waals surface area contributed by atoms with Crippen molar-refractivity contribution in [3.63, 3.8) is 0 Å². The fourth-order valence-electron chi connectivity index (χ4n) is 2.96. The maximum absolute atomic E-state index is 12.3. The smallest absolute Gasteiger partial charge is 0.319 e. The van der Waals surface area contributed by atoms with E-state index in [2.05, 4.69) is 0 Å². The molecule has 2 aliphatic rings. The Hall–Kier alpha value is -1.30. The van der Waals surface area contributed by atoms with Gasteiger partial charge in [0.05, 0.1) is 12.0 Å². The van der Waals surface area contributed by atoms with Gasteiger partial charge in [-0.25, -0.2) is 4.79 Å². The van der Waals surface area contributed by atoms with Crippen molar-refractivity contribution in [1.82, 2.24) is 9.80 Å². The Morgan fingerprint density at radius 2 is 2.25 bits per heavy atom. The van der Waals surface area contributed by atoms with Crippen LogP contribution in [0.1, 0.15) is 26.2 Å². The summed E-state index contributed by atoms with van der Waals surface area (Å²) < 4.78 is 5.42. The highest BCUT2D eigenvalue weighted by Gasteiger charge is 2.42. The summed E-state index contributed by atoms with van der Waals surface area (Å²) in [6, 6.07) is -0.0689. The molecule has 0 aromatic rings. The number of carboxylic acids is 1. The number of ether oxygens (including phenoxy) is 1. The Bertz CT molecular complexity index is 381. The van der Waals surface area contributed by atoms with E-state index in [1.165, 1.54) is 0 Å². The summed E-state index contributed by atoms with van der Waals surface area (Å²) in [5.74, 6) is -0.428. The van der Waals surface area contributed by atoms with Gasteiger partial charge in [-0.3, -0.25) is 4.79 Å². The first-order valence-corrected chi connectivity index (χ1v) is 7.23. The Labute approximate surface area is 119 Å². The third kappa shape index (κ3) is 3.23. The van der Waals surface area contributed by atoms with Crippen molar-refractivity contribution in [2.45, 2.75) is 26.2 Å². The van der Waals surface area contributed by atoms with E-state index in [1.807, 2.05) is 0 Å². The lowest BCUT2D eigenvalue weighted by Gasteiger charge is -2.30. The van der Waals surface area contributed by atoms with Gasteiger partial charge in [-0.05, 0) is 26.2 Å². The van der Waals surface area contributed by atoms with Crippen LogP contribution in [0.2, 0.25) is 0 Å². The van der Waals surface area contributed by atoms with Gasteiger partial charge in [0.15, 0.2) is 0 Å². The van der Waals surface area contributed by atoms with Crippen LogP contribution >= 0.6 is 0 Å². The van der Waals surface area contributed by atoms with Crippen LogP contribution in [0.3, 0.4) is 0 Å². The van der Waals surface area contributed by atoms with Crippen LogP contribution in [0, 0.1) is 11.3 Å². The fraction of sp³-hybridized carbons (Fsp3) is 0.857. The van der Waals surface area contributed by atoms with Crippen LogP contribution in [-0.2, 0) is 9.53 Å². The largest absolute Gasteiger partial charge is 0.481 e. The molecular weight excluding hydrogens is 260 g/mol. The minimum absolute atomic E-state index is 0.0689. The summed E-state index contributed by atoms with van der Waals surface area (Å²) in [6.07, 6.45) is 2.66. The number of rotatable bonds is 3. The number of carbonyl (C=O) groups is 2. The van der Waals surface area contributed by atoms with Crippen LogP contribution in [0.4, 0.5) is 4.79 Å². The van der Waals surface area contributed by atoms with E-state index in [0.29, 0.717) is 38.6 Å². The molecule has 2 aliphatic heterocycles. The van der Waals surface area contributed by atoms with Gasteiger partial charge < -0.3 is 19.6 Å². The predicted octanol–water partition coefficient (Wildman–Crippen LogP) is 1.26. The highest BCUT2D eigenvalue weighted by Crippen LogP contribution is 2.30. The van der Waals surface area contributed by atoms with Crippen LogP contribution in [0.5, 0.6) is 0 Å². The Morgan fingerprint density at radius 3 is 2.80 bits per heavy atom. The van der Waals surface area contributed by atoms with Gasteiger partial charge in [0.25, 0.3) is 0 Å². The SMILES string of the molecule is CN(CC1CCCOC1)C(=O)N1CCC(C)(C(=O)O)C1. The Morgan fingerprint density at radius 1 is 1.50 bits per heavy atom. The second kappa shape index (κ2) is 5.99. The van der Waals surface area contributed by atoms with Crippen molar-refractivity contribution in [3.05, 3.63) is 0 Å². The number of carbonyl (C=O) groups excluding carboxylic acids is 1. The van der Waals surface area contributed by atoms with Gasteiger partial charge in [-0.1, -0.05) is 0 Å². The van der Waals surface area contributed by atoms with Crippen LogP contribution < -0.4 is 0 Å². The minimum Gasteiger partial charge on any atom is -0.481 e. The summed E-state index contributed by atoms with van der Waals surface area (Å²) in [6.45, 7) is 4.73. The molecule has 1 N–H and O–H groups in total. The van der Waals surface area contributed by atoms with Gasteiger partial charge >= 0.3 is 12.0 Å². The molecule has 0 saturated carbocycles. The average molecular weight is 284 g/mol. The number of aliphatic carboxylic acids is 1. The first kappa shape index (κ1) is 15.1. The van der Waals surface area contributed by atoms with E-state index in [1.54, 1.807) is 23.8 Å². The van der Waals surface area contributed by atoms with E-state index in [4.69, 9.17) is 4.74 Å². The highest BCUT2D eigenvalue weighted by molar-refractivity contribution is 5.79. The number of carboxylic acid groups (broad SMARTS) is 1. The van der Waals surface area contributed by atoms with E-state index in [-0.39, 0.29) is 6.03 Å². The van der Waals surface area contributed by atoms with Crippen molar-refractivity contribution < 1.29 is 19.4 Å². The van der Waals surface area contributed by atoms with Crippen molar-refractivity contribution in [2.75, 3.05) is 39.9 Å². The molecule has 0 bridgehead atoms. The fourth-order valence-corrected chi connectivity index (χ4v) is 2.96. The zero-order chi connectivity index (χ0) is 14.8. The van der Waals surface area contributed by atoms with Gasteiger partial charge in [0.2, 0.25) is 0 Å². The van der Waals surface area contributed by atoms with Crippen molar-refractivity contribution in [1.29, 1.82) is 0 Å². The second-order valence-electron chi connectivity index (χ2n) is 6.28. The Balaban J connectivity index is 1.86. The summed E-state index contributed by atoms with van der Waals surface area (Å²) in [5, 5.41) is 9.20. The third-order valence-electron chi connectivity index (χ3n) is 4.37. The topological polar surface area (TPSA) is 70.1 Å². The van der Waals surface area contributed by atoms with Gasteiger partial charge in [-0.2, -0.15) is 0 Å².